The molecule has 2 rings (SSSR count). The smallest absolute Gasteiger partial charge is 0.243 e. The molecule has 6 heteroatoms. The average molecular weight is 255 g/mol. The molecule has 1 aliphatic rings. The van der Waals surface area contributed by atoms with Crippen LogP contribution in [0, 0.1) is 0 Å². The summed E-state index contributed by atoms with van der Waals surface area (Å²) in [5.74, 6) is 1.15. The van der Waals surface area contributed by atoms with Crippen LogP contribution in [0.15, 0.2) is 4.52 Å². The molecule has 0 aliphatic carbocycles. The second kappa shape index (κ2) is 6.26. The van der Waals surface area contributed by atoms with Crippen LogP contribution in [0.1, 0.15) is 57.0 Å². The van der Waals surface area contributed by atoms with Gasteiger partial charge >= 0.3 is 0 Å². The summed E-state index contributed by atoms with van der Waals surface area (Å²) in [6, 6.07) is -0.0369. The average Bonchev–Trinajstić information content (AvgIpc) is 2.97. The maximum absolute atomic E-state index is 9.47. The Hall–Kier alpha value is -0.980. The summed E-state index contributed by atoms with van der Waals surface area (Å²) in [5, 5.41) is 16.6. The Morgan fingerprint density at radius 1 is 1.56 bits per heavy atom. The number of hydrogen-bond acceptors (Lipinski definition) is 6. The van der Waals surface area contributed by atoms with Crippen LogP contribution in [-0.2, 0) is 4.74 Å². The van der Waals surface area contributed by atoms with Gasteiger partial charge in [0, 0.05) is 13.2 Å². The molecular formula is C12H21N3O3. The molecule has 0 aromatic carbocycles. The minimum absolute atomic E-state index is 0.0369. The summed E-state index contributed by atoms with van der Waals surface area (Å²) in [4.78, 5) is 4.39. The third kappa shape index (κ3) is 3.07. The van der Waals surface area contributed by atoms with Gasteiger partial charge in [-0.25, -0.2) is 0 Å². The highest BCUT2D eigenvalue weighted by molar-refractivity contribution is 4.99. The van der Waals surface area contributed by atoms with E-state index in [9.17, 15) is 5.11 Å². The first-order chi connectivity index (χ1) is 8.74. The second-order valence-corrected chi connectivity index (χ2v) is 4.57. The Kier molecular flexibility index (Phi) is 4.68. The van der Waals surface area contributed by atoms with Gasteiger partial charge in [-0.15, -0.1) is 0 Å². The third-order valence-corrected chi connectivity index (χ3v) is 3.07. The number of nitrogens with zero attached hydrogens (tertiary/aromatic N) is 2. The van der Waals surface area contributed by atoms with Gasteiger partial charge in [-0.05, 0) is 19.8 Å². The number of rotatable bonds is 6. The van der Waals surface area contributed by atoms with Crippen LogP contribution in [0.4, 0.5) is 0 Å². The van der Waals surface area contributed by atoms with Gasteiger partial charge in [0.1, 0.15) is 6.10 Å². The van der Waals surface area contributed by atoms with E-state index < -0.39 is 0 Å². The van der Waals surface area contributed by atoms with E-state index in [-0.39, 0.29) is 18.2 Å². The molecule has 1 aliphatic heterocycles. The molecule has 1 aromatic heterocycles. The van der Waals surface area contributed by atoms with Crippen LogP contribution >= 0.6 is 0 Å². The van der Waals surface area contributed by atoms with E-state index in [1.807, 2.05) is 6.92 Å². The lowest BCUT2D eigenvalue weighted by atomic mass is 10.2. The molecule has 1 saturated heterocycles. The van der Waals surface area contributed by atoms with Crippen molar-refractivity contribution in [3.05, 3.63) is 11.7 Å². The zero-order chi connectivity index (χ0) is 13.0. The minimum atomic E-state index is -0.330. The van der Waals surface area contributed by atoms with Crippen molar-refractivity contribution >= 4 is 0 Å². The van der Waals surface area contributed by atoms with Gasteiger partial charge < -0.3 is 19.7 Å². The van der Waals surface area contributed by atoms with Crippen LogP contribution < -0.4 is 5.32 Å². The maximum atomic E-state index is 9.47. The van der Waals surface area contributed by atoms with Gasteiger partial charge in [-0.1, -0.05) is 18.5 Å². The molecule has 18 heavy (non-hydrogen) atoms. The standard InChI is InChI=1S/C12H21N3O3/c1-3-5-10(17-4-2)11-14-12(18-15-11)9-6-8(16)7-13-9/h8-10,13,16H,3-7H2,1-2H3/t8-,9-,10?/m0/s1. The fourth-order valence-electron chi connectivity index (χ4n) is 2.18. The van der Waals surface area contributed by atoms with Crippen LogP contribution in [0.3, 0.4) is 0 Å². The molecule has 1 unspecified atom stereocenters. The van der Waals surface area contributed by atoms with Crippen LogP contribution in [0.5, 0.6) is 0 Å². The number of ether oxygens (including phenoxy) is 1. The molecular weight excluding hydrogens is 234 g/mol. The summed E-state index contributed by atoms with van der Waals surface area (Å²) in [6.07, 6.45) is 2.09. The normalized spacial score (nSPS) is 25.5. The zero-order valence-electron chi connectivity index (χ0n) is 10.9. The van der Waals surface area contributed by atoms with Gasteiger partial charge in [0.05, 0.1) is 12.1 Å². The predicted octanol–water partition coefficient (Wildman–Crippen LogP) is 1.34. The molecule has 102 valence electrons. The highest BCUT2D eigenvalue weighted by atomic mass is 16.5. The topological polar surface area (TPSA) is 80.4 Å². The van der Waals surface area contributed by atoms with Gasteiger partial charge in [0.15, 0.2) is 0 Å². The largest absolute Gasteiger partial charge is 0.392 e. The lowest BCUT2D eigenvalue weighted by Crippen LogP contribution is -2.15. The fraction of sp³-hybridized carbons (Fsp3) is 0.833. The second-order valence-electron chi connectivity index (χ2n) is 4.57. The van der Waals surface area contributed by atoms with Crippen molar-refractivity contribution in [3.8, 4) is 0 Å². The van der Waals surface area contributed by atoms with Crippen molar-refractivity contribution in [1.82, 2.24) is 15.5 Å². The number of β-amino-alcohol motifs (C(OH)–C–C–N with tert-alkyl or cyclic N) is 1. The molecule has 0 amide bonds. The van der Waals surface area contributed by atoms with Gasteiger partial charge in [0.2, 0.25) is 11.7 Å². The zero-order valence-corrected chi connectivity index (χ0v) is 10.9. The van der Waals surface area contributed by atoms with Crippen molar-refractivity contribution in [2.45, 2.75) is 51.4 Å². The fourth-order valence-corrected chi connectivity index (χ4v) is 2.18. The van der Waals surface area contributed by atoms with Crippen molar-refractivity contribution < 1.29 is 14.4 Å². The number of nitrogens with one attached hydrogen (secondary N) is 1. The Morgan fingerprint density at radius 3 is 3.00 bits per heavy atom. The molecule has 0 bridgehead atoms. The molecule has 6 nitrogen and oxygen atoms in total. The third-order valence-electron chi connectivity index (χ3n) is 3.07. The van der Waals surface area contributed by atoms with Crippen molar-refractivity contribution in [3.63, 3.8) is 0 Å². The Labute approximate surface area is 107 Å². The number of aliphatic hydroxyl groups is 1. The molecule has 3 atom stereocenters. The summed E-state index contributed by atoms with van der Waals surface area (Å²) < 4.78 is 10.9. The van der Waals surface area contributed by atoms with Gasteiger partial charge in [-0.3, -0.25) is 0 Å². The maximum Gasteiger partial charge on any atom is 0.243 e. The lowest BCUT2D eigenvalue weighted by Gasteiger charge is -2.11. The Balaban J connectivity index is 2.03. The molecule has 1 aromatic rings. The summed E-state index contributed by atoms with van der Waals surface area (Å²) in [6.45, 7) is 5.27. The minimum Gasteiger partial charge on any atom is -0.392 e. The van der Waals surface area contributed by atoms with Gasteiger partial charge in [0.25, 0.3) is 0 Å². The summed E-state index contributed by atoms with van der Waals surface area (Å²) in [7, 11) is 0. The van der Waals surface area contributed by atoms with Crippen molar-refractivity contribution in [2.24, 2.45) is 0 Å². The number of aliphatic hydroxyl groups excluding tert-OH is 1. The lowest BCUT2D eigenvalue weighted by molar-refractivity contribution is 0.0477. The van der Waals surface area contributed by atoms with E-state index in [0.717, 1.165) is 12.8 Å². The van der Waals surface area contributed by atoms with Crippen molar-refractivity contribution in [2.75, 3.05) is 13.2 Å². The number of hydrogen-bond donors (Lipinski definition) is 2. The first-order valence-corrected chi connectivity index (χ1v) is 6.61. The molecule has 0 saturated carbocycles. The summed E-state index contributed by atoms with van der Waals surface area (Å²) in [5.41, 5.74) is 0. The van der Waals surface area contributed by atoms with E-state index in [1.165, 1.54) is 0 Å². The van der Waals surface area contributed by atoms with Crippen LogP contribution in [-0.4, -0.2) is 34.5 Å². The molecule has 2 heterocycles. The van der Waals surface area contributed by atoms with Crippen LogP contribution in [0.25, 0.3) is 0 Å². The van der Waals surface area contributed by atoms with E-state index in [0.29, 0.717) is 31.3 Å². The molecule has 1 fully saturated rings. The molecule has 2 N–H and O–H groups in total. The van der Waals surface area contributed by atoms with Crippen molar-refractivity contribution in [1.29, 1.82) is 0 Å². The predicted molar refractivity (Wildman–Crippen MR) is 64.9 cm³/mol. The highest BCUT2D eigenvalue weighted by Gasteiger charge is 2.29. The van der Waals surface area contributed by atoms with E-state index in [1.54, 1.807) is 0 Å². The molecule has 0 radical (unpaired) electrons. The quantitative estimate of drug-likeness (QED) is 0.798. The van der Waals surface area contributed by atoms with Gasteiger partial charge in [-0.2, -0.15) is 4.98 Å². The Bertz CT molecular complexity index is 363. The highest BCUT2D eigenvalue weighted by Crippen LogP contribution is 2.25. The first-order valence-electron chi connectivity index (χ1n) is 6.61. The first kappa shape index (κ1) is 13.5. The Morgan fingerprint density at radius 2 is 2.39 bits per heavy atom. The van der Waals surface area contributed by atoms with Crippen LogP contribution in [0.2, 0.25) is 0 Å². The molecule has 0 spiro atoms. The monoisotopic (exact) mass is 255 g/mol. The van der Waals surface area contributed by atoms with E-state index in [2.05, 4.69) is 22.4 Å². The summed E-state index contributed by atoms with van der Waals surface area (Å²) >= 11 is 0. The number of aromatic nitrogens is 2. The SMILES string of the molecule is CCCC(OCC)c1noc([C@@H]2C[C@H](O)CN2)n1. The van der Waals surface area contributed by atoms with E-state index >= 15 is 0 Å². The van der Waals surface area contributed by atoms with E-state index in [4.69, 9.17) is 9.26 Å².